The Morgan fingerprint density at radius 3 is 2.57 bits per heavy atom. The van der Waals surface area contributed by atoms with E-state index in [0.717, 1.165) is 27.7 Å². The number of aryl methyl sites for hydroxylation is 2. The molecule has 2 aromatic heterocycles. The summed E-state index contributed by atoms with van der Waals surface area (Å²) in [5.41, 5.74) is 4.55. The summed E-state index contributed by atoms with van der Waals surface area (Å²) < 4.78 is 12.9. The number of thiazole rings is 1. The predicted octanol–water partition coefficient (Wildman–Crippen LogP) is 3.14. The van der Waals surface area contributed by atoms with Crippen LogP contribution in [0.1, 0.15) is 16.7 Å². The van der Waals surface area contributed by atoms with Gasteiger partial charge in [0.2, 0.25) is 0 Å². The normalized spacial score (nSPS) is 12.0. The molecule has 2 heterocycles. The predicted molar refractivity (Wildman–Crippen MR) is 118 cm³/mol. The third-order valence-corrected chi connectivity index (χ3v) is 5.87. The van der Waals surface area contributed by atoms with Crippen molar-refractivity contribution in [2.24, 2.45) is 0 Å². The summed E-state index contributed by atoms with van der Waals surface area (Å²) in [6.45, 7) is 4.06. The topological polar surface area (TPSA) is 73.1 Å². The number of methoxy groups -OCH3 is 1. The highest BCUT2D eigenvalue weighted by molar-refractivity contribution is 7.15. The van der Waals surface area contributed by atoms with Crippen LogP contribution >= 0.6 is 11.3 Å². The van der Waals surface area contributed by atoms with Gasteiger partial charge in [0, 0.05) is 14.1 Å². The first kappa shape index (κ1) is 19.9. The van der Waals surface area contributed by atoms with Gasteiger partial charge in [-0.1, -0.05) is 17.4 Å². The van der Waals surface area contributed by atoms with Crippen molar-refractivity contribution < 1.29 is 14.3 Å². The number of hydrogen-bond donors (Lipinski definition) is 0. The molecule has 1 amide bonds. The number of imidazole rings is 1. The Kier molecular flexibility index (Phi) is 4.95. The standard InChI is InChI=1S/C22H21N3O4S/c1-12-8-15-16(9-13(12)2)25-20(26)19(30-21(25)23-15)11-14-6-7-17(18(10-14)28-5)29-22(27)24(3)4/h6-11H,1-5H3/b19-11-. The fourth-order valence-electron chi connectivity index (χ4n) is 3.11. The second kappa shape index (κ2) is 7.46. The summed E-state index contributed by atoms with van der Waals surface area (Å²) in [7, 11) is 4.71. The fourth-order valence-corrected chi connectivity index (χ4v) is 4.10. The van der Waals surface area contributed by atoms with Gasteiger partial charge in [-0.25, -0.2) is 14.2 Å². The van der Waals surface area contributed by atoms with E-state index < -0.39 is 6.09 Å². The molecule has 8 heteroatoms. The zero-order chi connectivity index (χ0) is 21.6. The first-order valence-electron chi connectivity index (χ1n) is 9.29. The van der Waals surface area contributed by atoms with E-state index in [1.807, 2.05) is 26.0 Å². The Bertz CT molecular complexity index is 1400. The van der Waals surface area contributed by atoms with Gasteiger partial charge in [-0.2, -0.15) is 0 Å². The van der Waals surface area contributed by atoms with E-state index >= 15 is 0 Å². The molecule has 154 valence electrons. The van der Waals surface area contributed by atoms with Crippen LogP contribution in [0.3, 0.4) is 0 Å². The molecule has 0 atom stereocenters. The van der Waals surface area contributed by atoms with Gasteiger partial charge in [0.05, 0.1) is 22.7 Å². The maximum Gasteiger partial charge on any atom is 0.414 e. The van der Waals surface area contributed by atoms with Crippen molar-refractivity contribution >= 4 is 39.5 Å². The van der Waals surface area contributed by atoms with E-state index in [1.165, 1.54) is 23.3 Å². The van der Waals surface area contributed by atoms with Crippen LogP contribution in [-0.4, -0.2) is 41.6 Å². The molecule has 0 bridgehead atoms. The number of fused-ring (bicyclic) bond motifs is 3. The smallest absolute Gasteiger partial charge is 0.414 e. The van der Waals surface area contributed by atoms with Gasteiger partial charge in [-0.3, -0.25) is 4.79 Å². The van der Waals surface area contributed by atoms with Gasteiger partial charge in [-0.05, 0) is 60.9 Å². The lowest BCUT2D eigenvalue weighted by molar-refractivity contribution is 0.170. The molecule has 0 saturated heterocycles. The molecule has 0 spiro atoms. The number of carbonyl (C=O) groups is 1. The molecule has 7 nitrogen and oxygen atoms in total. The lowest BCUT2D eigenvalue weighted by atomic mass is 10.1. The third-order valence-electron chi connectivity index (χ3n) is 4.90. The van der Waals surface area contributed by atoms with Gasteiger partial charge in [0.15, 0.2) is 16.5 Å². The van der Waals surface area contributed by atoms with Crippen LogP contribution in [-0.2, 0) is 0 Å². The van der Waals surface area contributed by atoms with Gasteiger partial charge in [0.25, 0.3) is 5.56 Å². The number of aromatic nitrogens is 2. The van der Waals surface area contributed by atoms with Crippen molar-refractivity contribution in [3.05, 3.63) is 61.9 Å². The minimum Gasteiger partial charge on any atom is -0.493 e. The Morgan fingerprint density at radius 1 is 1.13 bits per heavy atom. The van der Waals surface area contributed by atoms with Crippen molar-refractivity contribution in [1.82, 2.24) is 14.3 Å². The second-order valence-corrected chi connectivity index (χ2v) is 8.25. The lowest BCUT2D eigenvalue weighted by Crippen LogP contribution is -2.25. The number of nitrogens with zero attached hydrogens (tertiary/aromatic N) is 3. The highest BCUT2D eigenvalue weighted by Gasteiger charge is 2.14. The molecular weight excluding hydrogens is 402 g/mol. The first-order valence-corrected chi connectivity index (χ1v) is 10.1. The molecule has 2 aromatic carbocycles. The lowest BCUT2D eigenvalue weighted by Gasteiger charge is -2.13. The minimum absolute atomic E-state index is 0.108. The number of carbonyl (C=O) groups excluding carboxylic acids is 1. The van der Waals surface area contributed by atoms with E-state index in [4.69, 9.17) is 9.47 Å². The molecule has 0 fully saturated rings. The van der Waals surface area contributed by atoms with E-state index in [2.05, 4.69) is 4.98 Å². The van der Waals surface area contributed by atoms with Crippen LogP contribution in [0.2, 0.25) is 0 Å². The summed E-state index contributed by atoms with van der Waals surface area (Å²) in [6, 6.07) is 9.16. The van der Waals surface area contributed by atoms with Crippen LogP contribution in [0.25, 0.3) is 22.1 Å². The van der Waals surface area contributed by atoms with E-state index in [-0.39, 0.29) is 5.56 Å². The Balaban J connectivity index is 1.79. The number of amides is 1. The number of hydrogen-bond acceptors (Lipinski definition) is 6. The zero-order valence-corrected chi connectivity index (χ0v) is 18.2. The summed E-state index contributed by atoms with van der Waals surface area (Å²) in [5, 5.41) is 0. The molecule has 0 radical (unpaired) electrons. The molecule has 0 unspecified atom stereocenters. The third kappa shape index (κ3) is 3.39. The first-order chi connectivity index (χ1) is 14.3. The van der Waals surface area contributed by atoms with Crippen LogP contribution in [0, 0.1) is 13.8 Å². The number of benzene rings is 2. The Morgan fingerprint density at radius 2 is 1.87 bits per heavy atom. The van der Waals surface area contributed by atoms with Crippen molar-refractivity contribution in [2.45, 2.75) is 13.8 Å². The maximum atomic E-state index is 13.0. The van der Waals surface area contributed by atoms with Crippen LogP contribution < -0.4 is 19.6 Å². The van der Waals surface area contributed by atoms with E-state index in [1.54, 1.807) is 42.8 Å². The molecule has 0 aliphatic rings. The minimum atomic E-state index is -0.497. The highest BCUT2D eigenvalue weighted by atomic mass is 32.1. The Hall–Kier alpha value is -3.39. The van der Waals surface area contributed by atoms with E-state index in [9.17, 15) is 9.59 Å². The largest absolute Gasteiger partial charge is 0.493 e. The highest BCUT2D eigenvalue weighted by Crippen LogP contribution is 2.29. The van der Waals surface area contributed by atoms with Crippen molar-refractivity contribution in [1.29, 1.82) is 0 Å². The molecule has 4 aromatic rings. The number of rotatable bonds is 3. The molecule has 0 N–H and O–H groups in total. The monoisotopic (exact) mass is 423 g/mol. The van der Waals surface area contributed by atoms with Crippen molar-refractivity contribution in [3.8, 4) is 11.5 Å². The molecule has 30 heavy (non-hydrogen) atoms. The maximum absolute atomic E-state index is 13.0. The van der Waals surface area contributed by atoms with Crippen LogP contribution in [0.15, 0.2) is 35.1 Å². The van der Waals surface area contributed by atoms with Gasteiger partial charge < -0.3 is 14.4 Å². The molecule has 0 aliphatic heterocycles. The van der Waals surface area contributed by atoms with Gasteiger partial charge in [0.1, 0.15) is 0 Å². The average molecular weight is 423 g/mol. The van der Waals surface area contributed by atoms with Crippen LogP contribution in [0.5, 0.6) is 11.5 Å². The molecule has 0 saturated carbocycles. The summed E-state index contributed by atoms with van der Waals surface area (Å²) in [5.74, 6) is 0.720. The quantitative estimate of drug-likeness (QED) is 0.506. The fraction of sp³-hybridized carbons (Fsp3) is 0.227. The molecule has 0 aliphatic carbocycles. The van der Waals surface area contributed by atoms with Gasteiger partial charge in [-0.15, -0.1) is 0 Å². The van der Waals surface area contributed by atoms with Crippen molar-refractivity contribution in [3.63, 3.8) is 0 Å². The summed E-state index contributed by atoms with van der Waals surface area (Å²) >= 11 is 1.34. The number of ether oxygens (including phenoxy) is 2. The average Bonchev–Trinajstić information content (AvgIpc) is 3.19. The molecule has 4 rings (SSSR count). The SMILES string of the molecule is COc1cc(/C=c2\sc3nc4cc(C)c(C)cc4n3c2=O)ccc1OC(=O)N(C)C. The van der Waals surface area contributed by atoms with Crippen LogP contribution in [0.4, 0.5) is 4.79 Å². The summed E-state index contributed by atoms with van der Waals surface area (Å²) in [6.07, 6.45) is 1.29. The molecular formula is C22H21N3O4S. The van der Waals surface area contributed by atoms with E-state index in [0.29, 0.717) is 21.0 Å². The Labute approximate surface area is 176 Å². The zero-order valence-electron chi connectivity index (χ0n) is 17.3. The summed E-state index contributed by atoms with van der Waals surface area (Å²) in [4.78, 5) is 31.5. The van der Waals surface area contributed by atoms with Crippen molar-refractivity contribution in [2.75, 3.05) is 21.2 Å². The second-order valence-electron chi connectivity index (χ2n) is 7.24. The van der Waals surface area contributed by atoms with Gasteiger partial charge >= 0.3 is 6.09 Å².